The van der Waals surface area contributed by atoms with Crippen LogP contribution in [0.25, 0.3) is 0 Å². The van der Waals surface area contributed by atoms with Gasteiger partial charge in [0.25, 0.3) is 5.91 Å². The molecule has 0 saturated carbocycles. The summed E-state index contributed by atoms with van der Waals surface area (Å²) in [7, 11) is 5.43. The topological polar surface area (TPSA) is 70.7 Å². The Kier molecular flexibility index (Phi) is 6.00. The van der Waals surface area contributed by atoms with Crippen LogP contribution in [0, 0.1) is 0 Å². The lowest BCUT2D eigenvalue weighted by Gasteiger charge is -2.14. The molecule has 0 aliphatic carbocycles. The Bertz CT molecular complexity index is 755. The molecule has 2 aromatic rings. The van der Waals surface area contributed by atoms with Crippen LogP contribution in [0.2, 0.25) is 0 Å². The van der Waals surface area contributed by atoms with Gasteiger partial charge in [0, 0.05) is 37.5 Å². The number of hydrogen-bond acceptors (Lipinski definition) is 4. The van der Waals surface area contributed by atoms with Crippen LogP contribution in [0.5, 0.6) is 5.75 Å². The maximum Gasteiger partial charge on any atom is 0.255 e. The second-order valence-corrected chi connectivity index (χ2v) is 5.71. The number of benzene rings is 2. The molecule has 2 N–H and O–H groups in total. The van der Waals surface area contributed by atoms with Crippen molar-refractivity contribution in [1.82, 2.24) is 0 Å². The summed E-state index contributed by atoms with van der Waals surface area (Å²) in [4.78, 5) is 26.1. The summed E-state index contributed by atoms with van der Waals surface area (Å²) in [5, 5.41) is 5.59. The molecule has 2 amide bonds. The molecule has 2 rings (SSSR count). The monoisotopic (exact) mass is 341 g/mol. The second kappa shape index (κ2) is 8.19. The van der Waals surface area contributed by atoms with Crippen LogP contribution in [0.15, 0.2) is 42.5 Å². The number of rotatable bonds is 6. The van der Waals surface area contributed by atoms with Gasteiger partial charge in [-0.2, -0.15) is 0 Å². The molecule has 0 atom stereocenters. The van der Waals surface area contributed by atoms with Crippen molar-refractivity contribution in [2.24, 2.45) is 0 Å². The normalized spacial score (nSPS) is 10.1. The van der Waals surface area contributed by atoms with E-state index in [-0.39, 0.29) is 11.8 Å². The van der Waals surface area contributed by atoms with Crippen LogP contribution in [-0.4, -0.2) is 33.0 Å². The molecule has 132 valence electrons. The summed E-state index contributed by atoms with van der Waals surface area (Å²) in [6.07, 6.45) is 0.345. The average molecular weight is 341 g/mol. The molecule has 0 heterocycles. The molecular formula is C19H23N3O3. The summed E-state index contributed by atoms with van der Waals surface area (Å²) in [6, 6.07) is 12.5. The van der Waals surface area contributed by atoms with Gasteiger partial charge >= 0.3 is 0 Å². The summed E-state index contributed by atoms with van der Waals surface area (Å²) >= 11 is 0. The van der Waals surface area contributed by atoms with Crippen LogP contribution in [0.3, 0.4) is 0 Å². The summed E-state index contributed by atoms with van der Waals surface area (Å²) in [6.45, 7) is 1.76. The minimum absolute atomic E-state index is 0.143. The van der Waals surface area contributed by atoms with E-state index < -0.39 is 0 Å². The maximum atomic E-state index is 12.5. The van der Waals surface area contributed by atoms with Gasteiger partial charge in [0.05, 0.1) is 12.8 Å². The number of methoxy groups -OCH3 is 1. The molecule has 2 aromatic carbocycles. The molecule has 0 fully saturated rings. The zero-order chi connectivity index (χ0) is 18.4. The number of nitrogens with zero attached hydrogens (tertiary/aromatic N) is 1. The minimum atomic E-state index is -0.257. The lowest BCUT2D eigenvalue weighted by atomic mass is 10.1. The zero-order valence-corrected chi connectivity index (χ0v) is 14.9. The fraction of sp³-hybridized carbons (Fsp3) is 0.263. The fourth-order valence-corrected chi connectivity index (χ4v) is 2.23. The Morgan fingerprint density at radius 3 is 2.28 bits per heavy atom. The van der Waals surface area contributed by atoms with E-state index in [4.69, 9.17) is 4.74 Å². The second-order valence-electron chi connectivity index (χ2n) is 5.71. The van der Waals surface area contributed by atoms with Gasteiger partial charge in [-0.15, -0.1) is 0 Å². The SMILES string of the molecule is CCC(=O)Nc1cc(C(=O)Nc2ccc(N(C)C)cc2)ccc1OC. The third kappa shape index (κ3) is 4.73. The van der Waals surface area contributed by atoms with Gasteiger partial charge in [0.15, 0.2) is 0 Å². The molecule has 0 spiro atoms. The quantitative estimate of drug-likeness (QED) is 0.845. The predicted molar refractivity (Wildman–Crippen MR) is 101 cm³/mol. The van der Waals surface area contributed by atoms with E-state index in [9.17, 15) is 9.59 Å². The Hall–Kier alpha value is -3.02. The van der Waals surface area contributed by atoms with E-state index in [0.717, 1.165) is 5.69 Å². The van der Waals surface area contributed by atoms with E-state index in [1.165, 1.54) is 7.11 Å². The molecule has 0 unspecified atom stereocenters. The van der Waals surface area contributed by atoms with Crippen molar-refractivity contribution in [2.45, 2.75) is 13.3 Å². The third-order valence-corrected chi connectivity index (χ3v) is 3.70. The Morgan fingerprint density at radius 1 is 1.04 bits per heavy atom. The number of nitrogens with one attached hydrogen (secondary N) is 2. The number of carbonyl (C=O) groups is 2. The first-order valence-corrected chi connectivity index (χ1v) is 8.01. The summed E-state index contributed by atoms with van der Waals surface area (Å²) in [5.41, 5.74) is 2.66. The molecule has 0 aromatic heterocycles. The van der Waals surface area contributed by atoms with Gasteiger partial charge in [-0.3, -0.25) is 9.59 Å². The van der Waals surface area contributed by atoms with Crippen LogP contribution < -0.4 is 20.3 Å². The summed E-state index contributed by atoms with van der Waals surface area (Å²) < 4.78 is 5.23. The lowest BCUT2D eigenvalue weighted by Crippen LogP contribution is -2.15. The van der Waals surface area contributed by atoms with Gasteiger partial charge in [-0.25, -0.2) is 0 Å². The van der Waals surface area contributed by atoms with Crippen LogP contribution in [0.4, 0.5) is 17.1 Å². The molecule has 6 heteroatoms. The van der Waals surface area contributed by atoms with Crippen LogP contribution in [-0.2, 0) is 4.79 Å². The lowest BCUT2D eigenvalue weighted by molar-refractivity contribution is -0.115. The maximum absolute atomic E-state index is 12.5. The van der Waals surface area contributed by atoms with E-state index in [2.05, 4.69) is 10.6 Å². The van der Waals surface area contributed by atoms with Gasteiger partial charge in [-0.05, 0) is 42.5 Å². The van der Waals surface area contributed by atoms with E-state index >= 15 is 0 Å². The van der Waals surface area contributed by atoms with Crippen molar-refractivity contribution in [3.05, 3.63) is 48.0 Å². The molecule has 0 bridgehead atoms. The zero-order valence-electron chi connectivity index (χ0n) is 14.9. The first kappa shape index (κ1) is 18.3. The highest BCUT2D eigenvalue weighted by molar-refractivity contribution is 6.05. The van der Waals surface area contributed by atoms with Crippen molar-refractivity contribution in [1.29, 1.82) is 0 Å². The molecule has 0 saturated heterocycles. The fourth-order valence-electron chi connectivity index (χ4n) is 2.23. The van der Waals surface area contributed by atoms with Gasteiger partial charge in [-0.1, -0.05) is 6.92 Å². The number of carbonyl (C=O) groups excluding carboxylic acids is 2. The number of hydrogen-bond donors (Lipinski definition) is 2. The Morgan fingerprint density at radius 2 is 1.72 bits per heavy atom. The van der Waals surface area contributed by atoms with Gasteiger partial charge < -0.3 is 20.3 Å². The number of ether oxygens (including phenoxy) is 1. The predicted octanol–water partition coefficient (Wildman–Crippen LogP) is 3.36. The first-order valence-electron chi connectivity index (χ1n) is 8.01. The molecule has 25 heavy (non-hydrogen) atoms. The van der Waals surface area contributed by atoms with Crippen LogP contribution in [0.1, 0.15) is 23.7 Å². The third-order valence-electron chi connectivity index (χ3n) is 3.70. The standard InChI is InChI=1S/C19H23N3O3/c1-5-18(23)21-16-12-13(6-11-17(16)25-4)19(24)20-14-7-9-15(10-8-14)22(2)3/h6-12H,5H2,1-4H3,(H,20,24)(H,21,23). The number of anilines is 3. The smallest absolute Gasteiger partial charge is 0.255 e. The van der Waals surface area contributed by atoms with Gasteiger partial charge in [0.1, 0.15) is 5.75 Å². The molecule has 0 aliphatic rings. The van der Waals surface area contributed by atoms with E-state index in [0.29, 0.717) is 29.1 Å². The molecule has 0 radical (unpaired) electrons. The Balaban J connectivity index is 2.18. The van der Waals surface area contributed by atoms with Crippen molar-refractivity contribution >= 4 is 28.9 Å². The van der Waals surface area contributed by atoms with Crippen molar-refractivity contribution in [3.8, 4) is 5.75 Å². The van der Waals surface area contributed by atoms with Crippen molar-refractivity contribution in [2.75, 3.05) is 36.7 Å². The first-order chi connectivity index (χ1) is 11.9. The van der Waals surface area contributed by atoms with Crippen molar-refractivity contribution < 1.29 is 14.3 Å². The highest BCUT2D eigenvalue weighted by Crippen LogP contribution is 2.26. The van der Waals surface area contributed by atoms with Crippen molar-refractivity contribution in [3.63, 3.8) is 0 Å². The average Bonchev–Trinajstić information content (AvgIpc) is 2.61. The minimum Gasteiger partial charge on any atom is -0.495 e. The summed E-state index contributed by atoms with van der Waals surface area (Å²) in [5.74, 6) is 0.107. The van der Waals surface area contributed by atoms with Crippen LogP contribution >= 0.6 is 0 Å². The molecule has 6 nitrogen and oxygen atoms in total. The highest BCUT2D eigenvalue weighted by Gasteiger charge is 2.12. The Labute approximate surface area is 147 Å². The largest absolute Gasteiger partial charge is 0.495 e. The molecule has 0 aliphatic heterocycles. The van der Waals surface area contributed by atoms with E-state index in [1.807, 2.05) is 43.3 Å². The van der Waals surface area contributed by atoms with E-state index in [1.54, 1.807) is 25.1 Å². The highest BCUT2D eigenvalue weighted by atomic mass is 16.5. The number of amides is 2. The van der Waals surface area contributed by atoms with Gasteiger partial charge in [0.2, 0.25) is 5.91 Å². The molecular weight excluding hydrogens is 318 g/mol.